The predicted octanol–water partition coefficient (Wildman–Crippen LogP) is 3.17. The first-order chi connectivity index (χ1) is 13.3. The largest absolute Gasteiger partial charge is 0.336 e. The molecule has 0 radical (unpaired) electrons. The zero-order chi connectivity index (χ0) is 20.1. The van der Waals surface area contributed by atoms with Crippen LogP contribution >= 0.6 is 0 Å². The van der Waals surface area contributed by atoms with Crippen molar-refractivity contribution in [1.29, 1.82) is 0 Å². The number of amides is 3. The molecule has 6 heteroatoms. The SMILES string of the molecule is CC(C)N(C(=O)CN1C(=O)c2ccccc2N2C(=O)CCC12C)C1CCCC1. The van der Waals surface area contributed by atoms with Gasteiger partial charge in [-0.1, -0.05) is 25.0 Å². The topological polar surface area (TPSA) is 60.9 Å². The molecule has 0 N–H and O–H groups in total. The van der Waals surface area contributed by atoms with E-state index >= 15 is 0 Å². The summed E-state index contributed by atoms with van der Waals surface area (Å²) in [5.74, 6) is -0.168. The third kappa shape index (κ3) is 2.81. The highest BCUT2D eigenvalue weighted by atomic mass is 16.2. The Hall–Kier alpha value is -2.37. The highest BCUT2D eigenvalue weighted by molar-refractivity contribution is 6.11. The summed E-state index contributed by atoms with van der Waals surface area (Å²) in [6, 6.07) is 7.58. The molecule has 1 unspecified atom stereocenters. The number of rotatable bonds is 4. The summed E-state index contributed by atoms with van der Waals surface area (Å²) in [6.45, 7) is 6.00. The Morgan fingerprint density at radius 2 is 1.89 bits per heavy atom. The van der Waals surface area contributed by atoms with Crippen LogP contribution in [0.15, 0.2) is 24.3 Å². The lowest BCUT2D eigenvalue weighted by atomic mass is 9.98. The van der Waals surface area contributed by atoms with Crippen LogP contribution in [-0.2, 0) is 9.59 Å². The second-order valence-electron chi connectivity index (χ2n) is 8.69. The molecule has 1 aromatic rings. The van der Waals surface area contributed by atoms with Gasteiger partial charge in [-0.25, -0.2) is 0 Å². The van der Waals surface area contributed by atoms with Crippen LogP contribution < -0.4 is 4.90 Å². The van der Waals surface area contributed by atoms with Crippen molar-refractivity contribution in [1.82, 2.24) is 9.80 Å². The molecule has 1 saturated heterocycles. The van der Waals surface area contributed by atoms with Crippen LogP contribution in [-0.4, -0.2) is 51.8 Å². The van der Waals surface area contributed by atoms with Gasteiger partial charge in [0.1, 0.15) is 12.2 Å². The zero-order valence-electron chi connectivity index (χ0n) is 17.0. The van der Waals surface area contributed by atoms with Crippen molar-refractivity contribution in [2.75, 3.05) is 11.4 Å². The number of fused-ring (bicyclic) bond motifs is 3. The molecule has 150 valence electrons. The minimum atomic E-state index is -0.781. The van der Waals surface area contributed by atoms with E-state index in [-0.39, 0.29) is 36.3 Å². The second kappa shape index (κ2) is 6.90. The Kier molecular flexibility index (Phi) is 4.68. The number of hydrogen-bond donors (Lipinski definition) is 0. The van der Waals surface area contributed by atoms with E-state index in [9.17, 15) is 14.4 Å². The van der Waals surface area contributed by atoms with Crippen LogP contribution in [0, 0.1) is 0 Å². The molecule has 1 aromatic carbocycles. The van der Waals surface area contributed by atoms with E-state index in [4.69, 9.17) is 0 Å². The molecule has 2 fully saturated rings. The quantitative estimate of drug-likeness (QED) is 0.802. The standard InChI is InChI=1S/C22H29N3O3/c1-15(2)24(16-8-4-5-9-16)20(27)14-23-21(28)17-10-6-7-11-18(17)25-19(26)12-13-22(23,25)3/h6-7,10-11,15-16H,4-5,8-9,12-14H2,1-3H3. The smallest absolute Gasteiger partial charge is 0.258 e. The number of anilines is 1. The molecule has 1 aliphatic carbocycles. The average Bonchev–Trinajstić information content (AvgIpc) is 3.27. The van der Waals surface area contributed by atoms with E-state index in [1.54, 1.807) is 21.9 Å². The lowest BCUT2D eigenvalue weighted by Crippen LogP contribution is -2.64. The van der Waals surface area contributed by atoms with Gasteiger partial charge in [-0.3, -0.25) is 19.3 Å². The lowest BCUT2D eigenvalue weighted by Gasteiger charge is -2.49. The highest BCUT2D eigenvalue weighted by Crippen LogP contribution is 2.44. The van der Waals surface area contributed by atoms with Crippen LogP contribution in [0.2, 0.25) is 0 Å². The van der Waals surface area contributed by atoms with Gasteiger partial charge in [0, 0.05) is 18.5 Å². The van der Waals surface area contributed by atoms with Gasteiger partial charge in [0.05, 0.1) is 11.3 Å². The minimum Gasteiger partial charge on any atom is -0.336 e. The molecule has 0 bridgehead atoms. The van der Waals surface area contributed by atoms with Crippen molar-refractivity contribution in [3.8, 4) is 0 Å². The van der Waals surface area contributed by atoms with Crippen molar-refractivity contribution in [3.63, 3.8) is 0 Å². The molecule has 3 aliphatic rings. The van der Waals surface area contributed by atoms with Gasteiger partial charge < -0.3 is 9.80 Å². The molecule has 4 rings (SSSR count). The Morgan fingerprint density at radius 1 is 1.21 bits per heavy atom. The van der Waals surface area contributed by atoms with E-state index in [1.165, 1.54) is 0 Å². The third-order valence-electron chi connectivity index (χ3n) is 6.60. The summed E-state index contributed by atoms with van der Waals surface area (Å²) >= 11 is 0. The van der Waals surface area contributed by atoms with E-state index in [2.05, 4.69) is 0 Å². The lowest BCUT2D eigenvalue weighted by molar-refractivity contribution is -0.137. The maximum Gasteiger partial charge on any atom is 0.258 e. The van der Waals surface area contributed by atoms with Crippen molar-refractivity contribution in [3.05, 3.63) is 29.8 Å². The number of benzene rings is 1. The van der Waals surface area contributed by atoms with Crippen LogP contribution in [0.4, 0.5) is 5.69 Å². The Labute approximate surface area is 166 Å². The number of hydrogen-bond acceptors (Lipinski definition) is 3. The predicted molar refractivity (Wildman–Crippen MR) is 107 cm³/mol. The van der Waals surface area contributed by atoms with E-state index in [0.29, 0.717) is 24.1 Å². The highest BCUT2D eigenvalue weighted by Gasteiger charge is 2.53. The molecule has 3 amide bonds. The van der Waals surface area contributed by atoms with Crippen LogP contribution in [0.1, 0.15) is 69.7 Å². The van der Waals surface area contributed by atoms with Gasteiger partial charge in [-0.15, -0.1) is 0 Å². The summed E-state index contributed by atoms with van der Waals surface area (Å²) < 4.78 is 0. The molecule has 2 aliphatic heterocycles. The fraction of sp³-hybridized carbons (Fsp3) is 0.591. The van der Waals surface area contributed by atoms with E-state index in [1.807, 2.05) is 37.8 Å². The molecule has 0 aromatic heterocycles. The molecule has 28 heavy (non-hydrogen) atoms. The minimum absolute atomic E-state index is 0.0106. The normalized spacial score (nSPS) is 24.7. The summed E-state index contributed by atoms with van der Waals surface area (Å²) in [4.78, 5) is 44.7. The molecule has 1 atom stereocenters. The maximum absolute atomic E-state index is 13.3. The van der Waals surface area contributed by atoms with Gasteiger partial charge in [0.25, 0.3) is 5.91 Å². The number of para-hydroxylation sites is 1. The Balaban J connectivity index is 1.68. The molecule has 1 saturated carbocycles. The third-order valence-corrected chi connectivity index (χ3v) is 6.60. The maximum atomic E-state index is 13.3. The fourth-order valence-corrected chi connectivity index (χ4v) is 5.25. The van der Waals surface area contributed by atoms with Gasteiger partial charge in [0.2, 0.25) is 11.8 Å². The summed E-state index contributed by atoms with van der Waals surface area (Å²) in [7, 11) is 0. The summed E-state index contributed by atoms with van der Waals surface area (Å²) in [5, 5.41) is 0. The molecular weight excluding hydrogens is 354 g/mol. The number of carbonyl (C=O) groups excluding carboxylic acids is 3. The fourth-order valence-electron chi connectivity index (χ4n) is 5.25. The Morgan fingerprint density at radius 3 is 2.57 bits per heavy atom. The summed E-state index contributed by atoms with van der Waals surface area (Å²) in [6.07, 6.45) is 5.29. The molecular formula is C22H29N3O3. The average molecular weight is 383 g/mol. The van der Waals surface area contributed by atoms with Crippen molar-refractivity contribution < 1.29 is 14.4 Å². The van der Waals surface area contributed by atoms with Crippen LogP contribution in [0.25, 0.3) is 0 Å². The Bertz CT molecular complexity index is 815. The molecule has 0 spiro atoms. The van der Waals surface area contributed by atoms with Gasteiger partial charge >= 0.3 is 0 Å². The van der Waals surface area contributed by atoms with Crippen LogP contribution in [0.3, 0.4) is 0 Å². The van der Waals surface area contributed by atoms with Crippen LogP contribution in [0.5, 0.6) is 0 Å². The molecule has 2 heterocycles. The van der Waals surface area contributed by atoms with Gasteiger partial charge in [-0.05, 0) is 52.2 Å². The van der Waals surface area contributed by atoms with Gasteiger partial charge in [0.15, 0.2) is 0 Å². The van der Waals surface area contributed by atoms with Crippen molar-refractivity contribution in [2.45, 2.75) is 77.0 Å². The molecule has 6 nitrogen and oxygen atoms in total. The van der Waals surface area contributed by atoms with E-state index in [0.717, 1.165) is 25.7 Å². The monoisotopic (exact) mass is 383 g/mol. The van der Waals surface area contributed by atoms with Crippen molar-refractivity contribution in [2.24, 2.45) is 0 Å². The zero-order valence-corrected chi connectivity index (χ0v) is 17.0. The summed E-state index contributed by atoms with van der Waals surface area (Å²) in [5.41, 5.74) is 0.383. The van der Waals surface area contributed by atoms with Crippen molar-refractivity contribution >= 4 is 23.4 Å². The first-order valence-electron chi connectivity index (χ1n) is 10.4. The number of carbonyl (C=O) groups is 3. The van der Waals surface area contributed by atoms with E-state index < -0.39 is 5.66 Å². The first kappa shape index (κ1) is 19.0. The second-order valence-corrected chi connectivity index (χ2v) is 8.69. The number of nitrogens with zero attached hydrogens (tertiary/aromatic N) is 3. The first-order valence-corrected chi connectivity index (χ1v) is 10.4. The van der Waals surface area contributed by atoms with Gasteiger partial charge in [-0.2, -0.15) is 0 Å².